The molecular formula is C12H20N4O. The lowest BCUT2D eigenvalue weighted by atomic mass is 9.99. The van der Waals surface area contributed by atoms with Crippen LogP contribution in [-0.4, -0.2) is 35.7 Å². The molecule has 0 saturated carbocycles. The van der Waals surface area contributed by atoms with Gasteiger partial charge in [-0.1, -0.05) is 0 Å². The molecule has 1 aromatic rings. The zero-order valence-corrected chi connectivity index (χ0v) is 10.7. The van der Waals surface area contributed by atoms with Crippen LogP contribution in [0.5, 0.6) is 5.88 Å². The van der Waals surface area contributed by atoms with E-state index in [0.717, 1.165) is 31.0 Å². The molecular weight excluding hydrogens is 216 g/mol. The lowest BCUT2D eigenvalue weighted by Gasteiger charge is -2.37. The van der Waals surface area contributed by atoms with Crippen LogP contribution >= 0.6 is 0 Å². The Balaban J connectivity index is 2.24. The van der Waals surface area contributed by atoms with Crippen LogP contribution in [0.4, 0.5) is 5.82 Å². The Morgan fingerprint density at radius 3 is 2.88 bits per heavy atom. The normalized spacial score (nSPS) is 24.8. The molecule has 0 aliphatic carbocycles. The molecule has 0 aromatic carbocycles. The molecule has 1 aliphatic heterocycles. The predicted molar refractivity (Wildman–Crippen MR) is 67.3 cm³/mol. The average Bonchev–Trinajstić information content (AvgIpc) is 2.28. The van der Waals surface area contributed by atoms with Crippen LogP contribution in [0.3, 0.4) is 0 Å². The number of hydrogen-bond acceptors (Lipinski definition) is 5. The van der Waals surface area contributed by atoms with Gasteiger partial charge in [0.2, 0.25) is 5.88 Å². The van der Waals surface area contributed by atoms with Crippen molar-refractivity contribution in [1.82, 2.24) is 9.97 Å². The highest BCUT2D eigenvalue weighted by Gasteiger charge is 2.24. The van der Waals surface area contributed by atoms with Crippen LogP contribution in [-0.2, 0) is 0 Å². The zero-order valence-electron chi connectivity index (χ0n) is 10.7. The molecule has 1 aromatic heterocycles. The summed E-state index contributed by atoms with van der Waals surface area (Å²) in [5.74, 6) is 2.30. The maximum absolute atomic E-state index is 5.97. The number of methoxy groups -OCH3 is 1. The summed E-state index contributed by atoms with van der Waals surface area (Å²) in [6.45, 7) is 5.01. The molecule has 0 amide bonds. The minimum absolute atomic E-state index is 0.311. The number of nitrogens with zero attached hydrogens (tertiary/aromatic N) is 3. The van der Waals surface area contributed by atoms with E-state index in [1.54, 1.807) is 7.11 Å². The summed E-state index contributed by atoms with van der Waals surface area (Å²) in [5.41, 5.74) is 5.97. The van der Waals surface area contributed by atoms with Crippen molar-refractivity contribution in [2.24, 2.45) is 5.73 Å². The van der Waals surface area contributed by atoms with Gasteiger partial charge in [-0.2, -0.15) is 4.98 Å². The quantitative estimate of drug-likeness (QED) is 0.833. The number of nitrogens with two attached hydrogens (primary N) is 1. The van der Waals surface area contributed by atoms with Gasteiger partial charge in [0, 0.05) is 24.7 Å². The predicted octanol–water partition coefficient (Wildman–Crippen LogP) is 1.11. The minimum Gasteiger partial charge on any atom is -0.481 e. The average molecular weight is 236 g/mol. The lowest BCUT2D eigenvalue weighted by molar-refractivity contribution is 0.392. The first-order valence-electron chi connectivity index (χ1n) is 6.02. The molecule has 0 radical (unpaired) electrons. The molecule has 2 rings (SSSR count). The molecule has 2 atom stereocenters. The standard InChI is InChI=1S/C12H20N4O/c1-8-6-10(13)4-5-16(8)11-7-12(17-3)15-9(2)14-11/h7-8,10H,4-6,13H2,1-3H3. The van der Waals surface area contributed by atoms with E-state index in [2.05, 4.69) is 21.8 Å². The molecule has 5 heteroatoms. The number of rotatable bonds is 2. The van der Waals surface area contributed by atoms with Gasteiger partial charge in [0.15, 0.2) is 0 Å². The molecule has 1 fully saturated rings. The summed E-state index contributed by atoms with van der Waals surface area (Å²) >= 11 is 0. The van der Waals surface area contributed by atoms with E-state index < -0.39 is 0 Å². The lowest BCUT2D eigenvalue weighted by Crippen LogP contribution is -2.46. The van der Waals surface area contributed by atoms with Crippen LogP contribution < -0.4 is 15.4 Å². The van der Waals surface area contributed by atoms with Gasteiger partial charge in [-0.25, -0.2) is 4.98 Å². The van der Waals surface area contributed by atoms with Gasteiger partial charge in [-0.3, -0.25) is 0 Å². The maximum atomic E-state index is 5.97. The van der Waals surface area contributed by atoms with Crippen LogP contribution in [0.25, 0.3) is 0 Å². The molecule has 5 nitrogen and oxygen atoms in total. The van der Waals surface area contributed by atoms with E-state index in [9.17, 15) is 0 Å². The van der Waals surface area contributed by atoms with Gasteiger partial charge >= 0.3 is 0 Å². The summed E-state index contributed by atoms with van der Waals surface area (Å²) in [5, 5.41) is 0. The van der Waals surface area contributed by atoms with E-state index in [0.29, 0.717) is 18.0 Å². The molecule has 0 bridgehead atoms. The van der Waals surface area contributed by atoms with Crippen molar-refractivity contribution in [2.45, 2.75) is 38.8 Å². The van der Waals surface area contributed by atoms with Gasteiger partial charge in [-0.15, -0.1) is 0 Å². The molecule has 2 heterocycles. The van der Waals surface area contributed by atoms with Crippen molar-refractivity contribution >= 4 is 5.82 Å². The maximum Gasteiger partial charge on any atom is 0.218 e. The van der Waals surface area contributed by atoms with Gasteiger partial charge in [0.05, 0.1) is 7.11 Å². The van der Waals surface area contributed by atoms with E-state index in [1.807, 2.05) is 13.0 Å². The molecule has 1 saturated heterocycles. The number of anilines is 1. The van der Waals surface area contributed by atoms with E-state index in [1.165, 1.54) is 0 Å². The number of aryl methyl sites for hydroxylation is 1. The molecule has 17 heavy (non-hydrogen) atoms. The van der Waals surface area contributed by atoms with E-state index >= 15 is 0 Å². The Morgan fingerprint density at radius 1 is 1.47 bits per heavy atom. The Bertz CT molecular complexity index is 396. The molecule has 2 N–H and O–H groups in total. The summed E-state index contributed by atoms with van der Waals surface area (Å²) < 4.78 is 5.18. The van der Waals surface area contributed by atoms with E-state index in [4.69, 9.17) is 10.5 Å². The van der Waals surface area contributed by atoms with Crippen LogP contribution in [0.1, 0.15) is 25.6 Å². The van der Waals surface area contributed by atoms with Gasteiger partial charge in [0.25, 0.3) is 0 Å². The number of hydrogen-bond donors (Lipinski definition) is 1. The smallest absolute Gasteiger partial charge is 0.218 e. The number of piperidine rings is 1. The second-order valence-corrected chi connectivity index (χ2v) is 4.64. The van der Waals surface area contributed by atoms with Crippen molar-refractivity contribution in [1.29, 1.82) is 0 Å². The Kier molecular flexibility index (Phi) is 3.47. The zero-order chi connectivity index (χ0) is 12.4. The molecule has 1 aliphatic rings. The first-order chi connectivity index (χ1) is 8.10. The summed E-state index contributed by atoms with van der Waals surface area (Å²) in [6.07, 6.45) is 2.01. The fraction of sp³-hybridized carbons (Fsp3) is 0.667. The largest absolute Gasteiger partial charge is 0.481 e. The highest BCUT2D eigenvalue weighted by atomic mass is 16.5. The third-order valence-corrected chi connectivity index (χ3v) is 3.22. The van der Waals surface area contributed by atoms with Crippen LogP contribution in [0.2, 0.25) is 0 Å². The van der Waals surface area contributed by atoms with Crippen LogP contribution in [0.15, 0.2) is 6.07 Å². The van der Waals surface area contributed by atoms with Crippen LogP contribution in [0, 0.1) is 6.92 Å². The van der Waals surface area contributed by atoms with Crippen molar-refractivity contribution in [3.63, 3.8) is 0 Å². The number of aromatic nitrogens is 2. The van der Waals surface area contributed by atoms with Gasteiger partial charge < -0.3 is 15.4 Å². The second kappa shape index (κ2) is 4.87. The third kappa shape index (κ3) is 2.66. The van der Waals surface area contributed by atoms with Gasteiger partial charge in [0.1, 0.15) is 11.6 Å². The number of ether oxygens (including phenoxy) is 1. The topological polar surface area (TPSA) is 64.3 Å². The fourth-order valence-corrected chi connectivity index (χ4v) is 2.33. The third-order valence-electron chi connectivity index (χ3n) is 3.22. The monoisotopic (exact) mass is 236 g/mol. The highest BCUT2D eigenvalue weighted by Crippen LogP contribution is 2.24. The fourth-order valence-electron chi connectivity index (χ4n) is 2.33. The van der Waals surface area contributed by atoms with Gasteiger partial charge in [-0.05, 0) is 26.7 Å². The summed E-state index contributed by atoms with van der Waals surface area (Å²) in [6, 6.07) is 2.62. The van der Waals surface area contributed by atoms with Crippen molar-refractivity contribution in [2.75, 3.05) is 18.6 Å². The van der Waals surface area contributed by atoms with Crippen molar-refractivity contribution in [3.05, 3.63) is 11.9 Å². The molecule has 0 spiro atoms. The first-order valence-corrected chi connectivity index (χ1v) is 6.02. The Morgan fingerprint density at radius 2 is 2.24 bits per heavy atom. The first kappa shape index (κ1) is 12.1. The highest BCUT2D eigenvalue weighted by molar-refractivity contribution is 5.43. The second-order valence-electron chi connectivity index (χ2n) is 4.64. The van der Waals surface area contributed by atoms with E-state index in [-0.39, 0.29) is 0 Å². The summed E-state index contributed by atoms with van der Waals surface area (Å²) in [4.78, 5) is 11.0. The Hall–Kier alpha value is -1.36. The van der Waals surface area contributed by atoms with Crippen molar-refractivity contribution < 1.29 is 4.74 Å². The molecule has 2 unspecified atom stereocenters. The molecule has 94 valence electrons. The van der Waals surface area contributed by atoms with Crippen molar-refractivity contribution in [3.8, 4) is 5.88 Å². The Labute approximate surface area is 102 Å². The minimum atomic E-state index is 0.311. The SMILES string of the molecule is COc1cc(N2CCC(N)CC2C)nc(C)n1. The summed E-state index contributed by atoms with van der Waals surface area (Å²) in [7, 11) is 1.63.